The maximum absolute atomic E-state index is 13.0. The Bertz CT molecular complexity index is 2060. The van der Waals surface area contributed by atoms with Crippen LogP contribution in [0.15, 0.2) is 134 Å². The summed E-state index contributed by atoms with van der Waals surface area (Å²) in [5.74, 6) is -2.01. The van der Waals surface area contributed by atoms with Crippen LogP contribution in [0.25, 0.3) is 0 Å². The lowest BCUT2D eigenvalue weighted by molar-refractivity contribution is -0.870. The zero-order valence-corrected chi connectivity index (χ0v) is 63.7. The Morgan fingerprint density at radius 1 is 0.320 bits per heavy atom. The van der Waals surface area contributed by atoms with Crippen LogP contribution < -0.4 is 0 Å². The second kappa shape index (κ2) is 77.2. The second-order valence-corrected chi connectivity index (χ2v) is 28.0. The molecular formula is C88H152NO8+. The van der Waals surface area contributed by atoms with Crippen LogP contribution in [-0.4, -0.2) is 87.4 Å². The van der Waals surface area contributed by atoms with Crippen molar-refractivity contribution >= 4 is 17.9 Å². The molecule has 0 rings (SSSR count). The van der Waals surface area contributed by atoms with Crippen molar-refractivity contribution < 1.29 is 42.9 Å². The fourth-order valence-electron chi connectivity index (χ4n) is 11.3. The fraction of sp³-hybridized carbons (Fsp3) is 0.716. The summed E-state index contributed by atoms with van der Waals surface area (Å²) < 4.78 is 23.0. The van der Waals surface area contributed by atoms with Gasteiger partial charge in [0.2, 0.25) is 0 Å². The summed E-state index contributed by atoms with van der Waals surface area (Å²) in [6.07, 6.45) is 109. The molecule has 0 fully saturated rings. The van der Waals surface area contributed by atoms with Crippen LogP contribution in [0, 0.1) is 0 Å². The van der Waals surface area contributed by atoms with E-state index in [1.54, 1.807) is 0 Å². The average molecular weight is 1350 g/mol. The summed E-state index contributed by atoms with van der Waals surface area (Å²) in [5.41, 5.74) is 0. The van der Waals surface area contributed by atoms with E-state index in [4.69, 9.17) is 18.9 Å². The number of unbranched alkanes of at least 4 members (excludes halogenated alkanes) is 37. The van der Waals surface area contributed by atoms with E-state index in [1.807, 2.05) is 21.1 Å². The average Bonchev–Trinajstić information content (AvgIpc) is 3.74. The van der Waals surface area contributed by atoms with Gasteiger partial charge in [-0.15, -0.1) is 0 Å². The van der Waals surface area contributed by atoms with E-state index in [2.05, 4.69) is 148 Å². The Labute approximate surface area is 599 Å². The molecular weight excluding hydrogens is 1200 g/mol. The van der Waals surface area contributed by atoms with Crippen LogP contribution in [0.1, 0.15) is 348 Å². The van der Waals surface area contributed by atoms with Gasteiger partial charge >= 0.3 is 17.9 Å². The van der Waals surface area contributed by atoms with Crippen LogP contribution in [0.4, 0.5) is 0 Å². The van der Waals surface area contributed by atoms with E-state index in [-0.39, 0.29) is 32.2 Å². The van der Waals surface area contributed by atoms with Crippen LogP contribution in [0.2, 0.25) is 0 Å². The van der Waals surface area contributed by atoms with Gasteiger partial charge in [0.15, 0.2) is 6.10 Å². The Hall–Kier alpha value is -4.57. The summed E-state index contributed by atoms with van der Waals surface area (Å²) in [4.78, 5) is 37.7. The Morgan fingerprint density at radius 3 is 0.876 bits per heavy atom. The summed E-state index contributed by atoms with van der Waals surface area (Å²) in [6, 6.07) is 0. The number of carbonyl (C=O) groups excluding carboxylic acids is 2. The number of hydrogen-bond donors (Lipinski definition) is 1. The third-order valence-corrected chi connectivity index (χ3v) is 17.4. The molecule has 0 aromatic carbocycles. The number of allylic oxidation sites excluding steroid dienone is 22. The van der Waals surface area contributed by atoms with E-state index in [0.717, 1.165) is 109 Å². The van der Waals surface area contributed by atoms with Gasteiger partial charge in [-0.2, -0.15) is 0 Å². The fourth-order valence-corrected chi connectivity index (χ4v) is 11.3. The minimum atomic E-state index is -1.52. The third-order valence-electron chi connectivity index (χ3n) is 17.4. The van der Waals surface area contributed by atoms with Gasteiger partial charge in [-0.1, -0.05) is 353 Å². The highest BCUT2D eigenvalue weighted by molar-refractivity contribution is 5.71. The zero-order valence-electron chi connectivity index (χ0n) is 63.7. The summed E-state index contributed by atoms with van der Waals surface area (Å²) >= 11 is 0. The van der Waals surface area contributed by atoms with Crippen molar-refractivity contribution in [3.05, 3.63) is 134 Å². The van der Waals surface area contributed by atoms with Crippen molar-refractivity contribution in [3.63, 3.8) is 0 Å². The number of nitrogens with zero attached hydrogens (tertiary/aromatic N) is 1. The van der Waals surface area contributed by atoms with E-state index in [9.17, 15) is 19.5 Å². The summed E-state index contributed by atoms with van der Waals surface area (Å²) in [7, 11) is 5.98. The lowest BCUT2D eigenvalue weighted by Gasteiger charge is -2.25. The molecule has 1 N–H and O–H groups in total. The highest BCUT2D eigenvalue weighted by atomic mass is 16.7. The molecule has 0 spiro atoms. The summed E-state index contributed by atoms with van der Waals surface area (Å²) in [5, 5.41) is 9.77. The van der Waals surface area contributed by atoms with Crippen molar-refractivity contribution in [1.29, 1.82) is 0 Å². The number of rotatable bonds is 74. The number of carboxylic acids is 1. The maximum atomic E-state index is 13.0. The Kier molecular flexibility index (Phi) is 73.5. The molecule has 0 heterocycles. The van der Waals surface area contributed by atoms with Gasteiger partial charge in [-0.05, 0) is 116 Å². The van der Waals surface area contributed by atoms with E-state index >= 15 is 0 Å². The standard InChI is InChI=1S/C88H151NO8/c1-6-8-10-12-14-16-18-20-22-24-26-28-30-32-34-36-38-40-42-43-45-46-48-50-52-54-56-58-60-62-64-66-68-70-72-74-76-78-85(90)95-82-84(83-96-88(87(92)93)94-81-80-89(3,4)5)97-86(91)79-77-75-73-71-69-67-65-63-61-59-57-55-53-51-49-47-44-41-39-37-35-33-31-29-27-25-23-21-19-17-15-13-11-9-7-2/h9,11,15,17-18,20-21,23-24,26-27,29,33,35,39,41,47,49,53,55,59,61,84,88H,6-8,10,12-14,16,19,22,25,28,30-32,34,36-38,40,42-46,48,50-52,54,56-58,60,62-83H2,1-5H3/p+1/b11-9-,17-15-,20-18-,23-21-,26-24-,29-27-,35-33-,41-39-,49-47-,55-53-,61-59-. The van der Waals surface area contributed by atoms with Crippen molar-refractivity contribution in [2.45, 2.75) is 360 Å². The number of likely N-dealkylation sites (N-methyl/N-ethyl adjacent to an activating group) is 1. The molecule has 2 atom stereocenters. The third kappa shape index (κ3) is 78.6. The number of aliphatic carboxylic acids is 1. The molecule has 0 aliphatic carbocycles. The van der Waals surface area contributed by atoms with Crippen LogP contribution in [0.5, 0.6) is 0 Å². The Morgan fingerprint density at radius 2 is 0.588 bits per heavy atom. The van der Waals surface area contributed by atoms with Gasteiger partial charge in [0.25, 0.3) is 6.29 Å². The molecule has 0 bridgehead atoms. The van der Waals surface area contributed by atoms with E-state index < -0.39 is 24.3 Å². The molecule has 0 aliphatic rings. The first-order chi connectivity index (χ1) is 47.6. The minimum Gasteiger partial charge on any atom is -0.477 e. The molecule has 0 aromatic heterocycles. The van der Waals surface area contributed by atoms with Gasteiger partial charge in [-0.25, -0.2) is 4.79 Å². The van der Waals surface area contributed by atoms with Crippen molar-refractivity contribution in [2.75, 3.05) is 47.5 Å². The molecule has 9 heteroatoms. The molecule has 556 valence electrons. The highest BCUT2D eigenvalue weighted by Crippen LogP contribution is 2.18. The normalized spacial score (nSPS) is 13.4. The predicted octanol–water partition coefficient (Wildman–Crippen LogP) is 26.0. The van der Waals surface area contributed by atoms with Crippen molar-refractivity contribution in [3.8, 4) is 0 Å². The summed E-state index contributed by atoms with van der Waals surface area (Å²) in [6.45, 7) is 4.77. The number of quaternary nitrogens is 1. The molecule has 0 amide bonds. The van der Waals surface area contributed by atoms with Gasteiger partial charge in [-0.3, -0.25) is 9.59 Å². The molecule has 0 aliphatic heterocycles. The highest BCUT2D eigenvalue weighted by Gasteiger charge is 2.25. The number of esters is 2. The lowest BCUT2D eigenvalue weighted by Crippen LogP contribution is -2.40. The van der Waals surface area contributed by atoms with Gasteiger partial charge in [0.05, 0.1) is 34.4 Å². The van der Waals surface area contributed by atoms with Crippen LogP contribution >= 0.6 is 0 Å². The van der Waals surface area contributed by atoms with Crippen molar-refractivity contribution in [1.82, 2.24) is 0 Å². The lowest BCUT2D eigenvalue weighted by atomic mass is 10.0. The molecule has 9 nitrogen and oxygen atoms in total. The first-order valence-corrected chi connectivity index (χ1v) is 40.3. The monoisotopic (exact) mass is 1350 g/mol. The zero-order chi connectivity index (χ0) is 70.4. The molecule has 2 unspecified atom stereocenters. The number of hydrogen-bond acceptors (Lipinski definition) is 7. The van der Waals surface area contributed by atoms with E-state index in [1.165, 1.54) is 205 Å². The van der Waals surface area contributed by atoms with Crippen LogP contribution in [-0.2, 0) is 33.3 Å². The predicted molar refractivity (Wildman–Crippen MR) is 419 cm³/mol. The maximum Gasteiger partial charge on any atom is 0.361 e. The Balaban J connectivity index is 4.07. The van der Waals surface area contributed by atoms with Gasteiger partial charge in [0, 0.05) is 12.8 Å². The van der Waals surface area contributed by atoms with Crippen molar-refractivity contribution in [2.24, 2.45) is 0 Å². The molecule has 0 saturated heterocycles. The second-order valence-electron chi connectivity index (χ2n) is 28.0. The van der Waals surface area contributed by atoms with Crippen LogP contribution in [0.3, 0.4) is 0 Å². The largest absolute Gasteiger partial charge is 0.477 e. The molecule has 97 heavy (non-hydrogen) atoms. The number of ether oxygens (including phenoxy) is 4. The van der Waals surface area contributed by atoms with E-state index in [0.29, 0.717) is 23.9 Å². The topological polar surface area (TPSA) is 108 Å². The first-order valence-electron chi connectivity index (χ1n) is 40.3. The first kappa shape index (κ1) is 92.4. The smallest absolute Gasteiger partial charge is 0.361 e. The van der Waals surface area contributed by atoms with Gasteiger partial charge in [0.1, 0.15) is 13.2 Å². The number of carboxylic acid groups (broad SMARTS) is 1. The minimum absolute atomic E-state index is 0.181. The molecule has 0 aromatic rings. The SMILES string of the molecule is CC/C=C\C/C=C\C/C=C\C/C=C\C/C=C\C/C=C\C/C=C\C/C=C\C/C=C\CCCCCCCCCC(=O)OC(COC(=O)CCCCCCCCCCCCCCCCCCCCCCCCCCC/C=C\C/C=C\CCCCCCC)COC(OCC[N+](C)(C)C)C(=O)O. The molecule has 0 saturated carbocycles. The molecule has 0 radical (unpaired) electrons. The quantitative estimate of drug-likeness (QED) is 0.0211. The number of carbonyl (C=O) groups is 3. The van der Waals surface area contributed by atoms with Gasteiger partial charge < -0.3 is 28.5 Å².